The SMILES string of the molecule is CCNC(=NCc1cn2c(C)cccc2n1)NC1CC2CCC1O2.I. The Balaban J connectivity index is 0.00000182. The number of aliphatic imine (C=N–C) groups is 1. The van der Waals surface area contributed by atoms with Crippen LogP contribution in [-0.4, -0.2) is 40.1 Å². The molecule has 3 atom stereocenters. The third-order valence-electron chi connectivity index (χ3n) is 4.92. The summed E-state index contributed by atoms with van der Waals surface area (Å²) in [6.07, 6.45) is 6.31. The maximum atomic E-state index is 5.92. The molecule has 2 aromatic heterocycles. The molecule has 2 aliphatic rings. The van der Waals surface area contributed by atoms with E-state index >= 15 is 0 Å². The van der Waals surface area contributed by atoms with Crippen molar-refractivity contribution in [1.29, 1.82) is 0 Å². The van der Waals surface area contributed by atoms with E-state index in [1.165, 1.54) is 12.1 Å². The minimum atomic E-state index is 0. The maximum absolute atomic E-state index is 5.92. The molecule has 0 radical (unpaired) electrons. The van der Waals surface area contributed by atoms with E-state index in [1.807, 2.05) is 12.1 Å². The standard InChI is InChI=1S/C18H25N5O.HI/c1-3-19-18(22-15-9-14-7-8-16(15)24-14)20-10-13-11-23-12(2)5-4-6-17(23)21-13;/h4-6,11,14-16H,3,7-10H2,1-2H3,(H2,19,20,22);1H. The minimum Gasteiger partial charge on any atom is -0.373 e. The number of ether oxygens (including phenoxy) is 1. The van der Waals surface area contributed by atoms with Crippen molar-refractivity contribution in [3.8, 4) is 0 Å². The highest BCUT2D eigenvalue weighted by molar-refractivity contribution is 14.0. The molecule has 0 saturated carbocycles. The normalized spacial score (nSPS) is 25.2. The van der Waals surface area contributed by atoms with Crippen LogP contribution >= 0.6 is 24.0 Å². The first-order valence-corrected chi connectivity index (χ1v) is 8.87. The molecule has 0 aromatic carbocycles. The van der Waals surface area contributed by atoms with Gasteiger partial charge in [-0.2, -0.15) is 0 Å². The summed E-state index contributed by atoms with van der Waals surface area (Å²) in [6, 6.07) is 6.52. The van der Waals surface area contributed by atoms with Crippen molar-refractivity contribution >= 4 is 35.6 Å². The van der Waals surface area contributed by atoms with Gasteiger partial charge in [-0.15, -0.1) is 24.0 Å². The van der Waals surface area contributed by atoms with Gasteiger partial charge in [0.2, 0.25) is 0 Å². The average molecular weight is 455 g/mol. The molecule has 2 N–H and O–H groups in total. The number of fused-ring (bicyclic) bond motifs is 3. The van der Waals surface area contributed by atoms with Crippen LogP contribution in [0.3, 0.4) is 0 Å². The van der Waals surface area contributed by atoms with Gasteiger partial charge >= 0.3 is 0 Å². The summed E-state index contributed by atoms with van der Waals surface area (Å²) in [5.74, 6) is 0.854. The maximum Gasteiger partial charge on any atom is 0.191 e. The molecule has 2 bridgehead atoms. The molecule has 2 saturated heterocycles. The molecule has 25 heavy (non-hydrogen) atoms. The van der Waals surface area contributed by atoms with E-state index in [2.05, 4.69) is 46.1 Å². The number of aromatic nitrogens is 2. The second kappa shape index (κ2) is 7.90. The summed E-state index contributed by atoms with van der Waals surface area (Å²) in [6.45, 7) is 5.58. The van der Waals surface area contributed by atoms with Gasteiger partial charge in [0, 0.05) is 18.4 Å². The van der Waals surface area contributed by atoms with E-state index in [0.29, 0.717) is 24.8 Å². The predicted molar refractivity (Wildman–Crippen MR) is 110 cm³/mol. The lowest BCUT2D eigenvalue weighted by Gasteiger charge is -2.22. The molecule has 2 fully saturated rings. The fraction of sp³-hybridized carbons (Fsp3) is 0.556. The summed E-state index contributed by atoms with van der Waals surface area (Å²) in [7, 11) is 0. The van der Waals surface area contributed by atoms with Crippen molar-refractivity contribution in [2.24, 2.45) is 4.99 Å². The van der Waals surface area contributed by atoms with Crippen LogP contribution in [0.5, 0.6) is 0 Å². The molecule has 2 aliphatic heterocycles. The molecule has 4 heterocycles. The number of hydrogen-bond acceptors (Lipinski definition) is 3. The van der Waals surface area contributed by atoms with Gasteiger partial charge in [0.05, 0.1) is 30.5 Å². The molecular formula is C18H26IN5O. The fourth-order valence-corrected chi connectivity index (χ4v) is 3.72. The van der Waals surface area contributed by atoms with E-state index < -0.39 is 0 Å². The number of hydrogen-bond donors (Lipinski definition) is 2. The summed E-state index contributed by atoms with van der Waals surface area (Å²) in [5.41, 5.74) is 3.13. The van der Waals surface area contributed by atoms with Crippen LogP contribution in [0.15, 0.2) is 29.4 Å². The van der Waals surface area contributed by atoms with Crippen LogP contribution in [0.2, 0.25) is 0 Å². The number of aryl methyl sites for hydroxylation is 1. The first-order chi connectivity index (χ1) is 11.7. The number of halogens is 1. The second-order valence-corrected chi connectivity index (χ2v) is 6.68. The van der Waals surface area contributed by atoms with Gasteiger partial charge in [0.1, 0.15) is 5.65 Å². The van der Waals surface area contributed by atoms with Crippen LogP contribution < -0.4 is 10.6 Å². The first kappa shape index (κ1) is 18.4. The molecule has 136 valence electrons. The van der Waals surface area contributed by atoms with E-state index in [4.69, 9.17) is 9.73 Å². The number of pyridine rings is 1. The van der Waals surface area contributed by atoms with Gasteiger partial charge < -0.3 is 19.8 Å². The van der Waals surface area contributed by atoms with Gasteiger partial charge in [-0.1, -0.05) is 6.07 Å². The Bertz CT molecular complexity index is 759. The predicted octanol–water partition coefficient (Wildman–Crippen LogP) is 2.64. The average Bonchev–Trinajstić information content (AvgIpc) is 3.28. The summed E-state index contributed by atoms with van der Waals surface area (Å²) in [5, 5.41) is 6.88. The number of imidazole rings is 1. The van der Waals surface area contributed by atoms with E-state index in [1.54, 1.807) is 0 Å². The van der Waals surface area contributed by atoms with Crippen molar-refractivity contribution in [2.75, 3.05) is 6.54 Å². The van der Waals surface area contributed by atoms with Crippen molar-refractivity contribution < 1.29 is 4.74 Å². The van der Waals surface area contributed by atoms with E-state index in [-0.39, 0.29) is 24.0 Å². The number of nitrogens with zero attached hydrogens (tertiary/aromatic N) is 3. The van der Waals surface area contributed by atoms with Crippen LogP contribution in [0.25, 0.3) is 5.65 Å². The lowest BCUT2D eigenvalue weighted by Crippen LogP contribution is -2.47. The molecule has 0 aliphatic carbocycles. The summed E-state index contributed by atoms with van der Waals surface area (Å²) in [4.78, 5) is 9.37. The van der Waals surface area contributed by atoms with E-state index in [0.717, 1.165) is 36.7 Å². The molecule has 7 heteroatoms. The fourth-order valence-electron chi connectivity index (χ4n) is 3.72. The third-order valence-corrected chi connectivity index (χ3v) is 4.92. The quantitative estimate of drug-likeness (QED) is 0.423. The van der Waals surface area contributed by atoms with Gasteiger partial charge in [0.15, 0.2) is 5.96 Å². The molecular weight excluding hydrogens is 429 g/mol. The Morgan fingerprint density at radius 3 is 2.96 bits per heavy atom. The van der Waals surface area contributed by atoms with Crippen molar-refractivity contribution in [3.63, 3.8) is 0 Å². The monoisotopic (exact) mass is 455 g/mol. The number of guanidine groups is 1. The van der Waals surface area contributed by atoms with Crippen LogP contribution in [0.1, 0.15) is 37.6 Å². The molecule has 6 nitrogen and oxygen atoms in total. The zero-order valence-electron chi connectivity index (χ0n) is 14.7. The third kappa shape index (κ3) is 3.92. The molecule has 2 aromatic rings. The van der Waals surface area contributed by atoms with Crippen LogP contribution in [0, 0.1) is 6.92 Å². The first-order valence-electron chi connectivity index (χ1n) is 8.87. The van der Waals surface area contributed by atoms with Gasteiger partial charge in [-0.3, -0.25) is 0 Å². The van der Waals surface area contributed by atoms with Crippen molar-refractivity contribution in [3.05, 3.63) is 35.8 Å². The van der Waals surface area contributed by atoms with Crippen molar-refractivity contribution in [2.45, 2.75) is 57.9 Å². The Morgan fingerprint density at radius 1 is 1.40 bits per heavy atom. The Kier molecular flexibility index (Phi) is 5.83. The van der Waals surface area contributed by atoms with Gasteiger partial charge in [-0.05, 0) is 45.2 Å². The lowest BCUT2D eigenvalue weighted by molar-refractivity contribution is 0.0992. The molecule has 4 rings (SSSR count). The van der Waals surface area contributed by atoms with Crippen LogP contribution in [-0.2, 0) is 11.3 Å². The Morgan fingerprint density at radius 2 is 2.28 bits per heavy atom. The topological polar surface area (TPSA) is 63.0 Å². The Labute approximate surface area is 165 Å². The highest BCUT2D eigenvalue weighted by Crippen LogP contribution is 2.34. The minimum absolute atomic E-state index is 0. The summed E-state index contributed by atoms with van der Waals surface area (Å²) >= 11 is 0. The van der Waals surface area contributed by atoms with Crippen molar-refractivity contribution in [1.82, 2.24) is 20.0 Å². The van der Waals surface area contributed by atoms with Gasteiger partial charge in [0.25, 0.3) is 0 Å². The zero-order chi connectivity index (χ0) is 16.5. The largest absolute Gasteiger partial charge is 0.373 e. The highest BCUT2D eigenvalue weighted by Gasteiger charge is 2.41. The smallest absolute Gasteiger partial charge is 0.191 e. The summed E-state index contributed by atoms with van der Waals surface area (Å²) < 4.78 is 8.02. The molecule has 0 amide bonds. The zero-order valence-corrected chi connectivity index (χ0v) is 17.1. The van der Waals surface area contributed by atoms with Crippen LogP contribution in [0.4, 0.5) is 0 Å². The van der Waals surface area contributed by atoms with Gasteiger partial charge in [-0.25, -0.2) is 9.98 Å². The number of nitrogens with one attached hydrogen (secondary N) is 2. The number of rotatable bonds is 4. The molecule has 0 spiro atoms. The lowest BCUT2D eigenvalue weighted by atomic mass is 9.96. The second-order valence-electron chi connectivity index (χ2n) is 6.68. The molecule has 3 unspecified atom stereocenters. The Hall–Kier alpha value is -1.35. The van der Waals surface area contributed by atoms with E-state index in [9.17, 15) is 0 Å². The highest BCUT2D eigenvalue weighted by atomic mass is 127.